The van der Waals surface area contributed by atoms with Gasteiger partial charge in [0.25, 0.3) is 5.69 Å². The lowest BCUT2D eigenvalue weighted by Gasteiger charge is -2.12. The van der Waals surface area contributed by atoms with Gasteiger partial charge in [-0.05, 0) is 67.1 Å². The van der Waals surface area contributed by atoms with Gasteiger partial charge in [-0.25, -0.2) is 0 Å². The summed E-state index contributed by atoms with van der Waals surface area (Å²) < 4.78 is 12.1. The minimum Gasteiger partial charge on any atom is -0.496 e. The van der Waals surface area contributed by atoms with Crippen LogP contribution in [0.4, 0.5) is 5.69 Å². The molecule has 7 heteroatoms. The quantitative estimate of drug-likeness (QED) is 0.167. The number of carbonyl (C=O) groups is 1. The summed E-state index contributed by atoms with van der Waals surface area (Å²) in [7, 11) is 1.57. The second-order valence-corrected chi connectivity index (χ2v) is 7.69. The van der Waals surface area contributed by atoms with Crippen molar-refractivity contribution in [1.82, 2.24) is 0 Å². The van der Waals surface area contributed by atoms with Gasteiger partial charge in [0.05, 0.1) is 12.0 Å². The third-order valence-corrected chi connectivity index (χ3v) is 5.15. The monoisotopic (exact) mass is 481 g/mol. The van der Waals surface area contributed by atoms with E-state index in [-0.39, 0.29) is 18.1 Å². The Kier molecular flexibility index (Phi) is 7.20. The van der Waals surface area contributed by atoms with E-state index in [1.54, 1.807) is 44.4 Å². The Morgan fingerprint density at radius 3 is 2.48 bits per heavy atom. The lowest BCUT2D eigenvalue weighted by atomic mass is 10.1. The lowest BCUT2D eigenvalue weighted by Crippen LogP contribution is -2.00. The largest absolute Gasteiger partial charge is 0.496 e. The number of nitro groups is 1. The molecule has 0 saturated heterocycles. The second-order valence-electron chi connectivity index (χ2n) is 6.77. The van der Waals surface area contributed by atoms with Crippen molar-refractivity contribution in [2.24, 2.45) is 0 Å². The number of aryl methyl sites for hydroxylation is 1. The number of halogens is 1. The predicted octanol–water partition coefficient (Wildman–Crippen LogP) is 6.15. The number of carbonyl (C=O) groups excluding carboxylic acids is 1. The summed E-state index contributed by atoms with van der Waals surface area (Å²) in [5.74, 6) is 1.08. The summed E-state index contributed by atoms with van der Waals surface area (Å²) in [6.07, 6.45) is 3.26. The molecule has 31 heavy (non-hydrogen) atoms. The topological polar surface area (TPSA) is 78.7 Å². The molecule has 0 heterocycles. The van der Waals surface area contributed by atoms with Crippen LogP contribution in [0.25, 0.3) is 6.08 Å². The zero-order valence-electron chi connectivity index (χ0n) is 17.0. The van der Waals surface area contributed by atoms with Crippen LogP contribution in [0.1, 0.15) is 27.0 Å². The molecule has 0 spiro atoms. The molecular weight excluding hydrogens is 462 g/mol. The Hall–Kier alpha value is -3.45. The first-order chi connectivity index (χ1) is 14.9. The van der Waals surface area contributed by atoms with Crippen molar-refractivity contribution >= 4 is 33.5 Å². The first-order valence-electron chi connectivity index (χ1n) is 9.40. The average molecular weight is 482 g/mol. The van der Waals surface area contributed by atoms with Crippen molar-refractivity contribution in [3.05, 3.63) is 104 Å². The van der Waals surface area contributed by atoms with E-state index in [2.05, 4.69) is 15.9 Å². The second kappa shape index (κ2) is 10.0. The number of ether oxygens (including phenoxy) is 2. The highest BCUT2D eigenvalue weighted by Crippen LogP contribution is 2.26. The van der Waals surface area contributed by atoms with Crippen LogP contribution >= 0.6 is 15.9 Å². The number of ketones is 1. The number of nitro benzene ring substituents is 1. The van der Waals surface area contributed by atoms with Crippen molar-refractivity contribution < 1.29 is 19.2 Å². The predicted molar refractivity (Wildman–Crippen MR) is 123 cm³/mol. The summed E-state index contributed by atoms with van der Waals surface area (Å²) in [6, 6.07) is 17.3. The fourth-order valence-electron chi connectivity index (χ4n) is 2.98. The third kappa shape index (κ3) is 5.79. The fourth-order valence-corrected chi connectivity index (χ4v) is 3.25. The maximum Gasteiger partial charge on any atom is 0.272 e. The molecule has 3 rings (SSSR count). The molecule has 3 aromatic carbocycles. The van der Waals surface area contributed by atoms with Crippen molar-refractivity contribution in [2.45, 2.75) is 13.5 Å². The van der Waals surface area contributed by atoms with E-state index in [0.29, 0.717) is 22.6 Å². The number of hydrogen-bond donors (Lipinski definition) is 0. The van der Waals surface area contributed by atoms with Gasteiger partial charge in [-0.1, -0.05) is 28.1 Å². The fraction of sp³-hybridized carbons (Fsp3) is 0.125. The Morgan fingerprint density at radius 1 is 1.10 bits per heavy atom. The first-order valence-corrected chi connectivity index (χ1v) is 10.2. The van der Waals surface area contributed by atoms with E-state index >= 15 is 0 Å². The van der Waals surface area contributed by atoms with E-state index in [1.807, 2.05) is 30.3 Å². The molecule has 0 unspecified atom stereocenters. The number of methoxy groups -OCH3 is 1. The molecule has 0 amide bonds. The van der Waals surface area contributed by atoms with Gasteiger partial charge in [-0.3, -0.25) is 14.9 Å². The number of hydrogen-bond acceptors (Lipinski definition) is 5. The van der Waals surface area contributed by atoms with Crippen LogP contribution in [0.2, 0.25) is 0 Å². The Morgan fingerprint density at radius 2 is 1.84 bits per heavy atom. The molecule has 158 valence electrons. The van der Waals surface area contributed by atoms with Gasteiger partial charge >= 0.3 is 0 Å². The summed E-state index contributed by atoms with van der Waals surface area (Å²) >= 11 is 3.35. The highest BCUT2D eigenvalue weighted by Gasteiger charge is 2.12. The van der Waals surface area contributed by atoms with Gasteiger partial charge in [0.1, 0.15) is 18.1 Å². The molecule has 0 N–H and O–H groups in total. The summed E-state index contributed by atoms with van der Waals surface area (Å²) in [6.45, 7) is 1.88. The summed E-state index contributed by atoms with van der Waals surface area (Å²) in [5, 5.41) is 11.0. The molecule has 0 aliphatic heterocycles. The third-order valence-electron chi connectivity index (χ3n) is 4.62. The number of benzene rings is 3. The van der Waals surface area contributed by atoms with Crippen LogP contribution in [0.15, 0.2) is 71.2 Å². The average Bonchev–Trinajstić information content (AvgIpc) is 2.76. The van der Waals surface area contributed by atoms with E-state index in [4.69, 9.17) is 9.47 Å². The minimum atomic E-state index is -0.423. The Balaban J connectivity index is 1.74. The van der Waals surface area contributed by atoms with E-state index in [1.165, 1.54) is 12.1 Å². The van der Waals surface area contributed by atoms with Crippen molar-refractivity contribution in [3.63, 3.8) is 0 Å². The summed E-state index contributed by atoms with van der Waals surface area (Å²) in [5.41, 5.74) is 2.79. The molecular formula is C24H20BrNO5. The SMILES string of the molecule is COc1ccc(/C=C/C(=O)c2ccc(Br)cc2)cc1COc1ccc([N+](=O)[O-])c(C)c1. The van der Waals surface area contributed by atoms with E-state index in [0.717, 1.165) is 15.6 Å². The van der Waals surface area contributed by atoms with Crippen LogP contribution in [0.3, 0.4) is 0 Å². The molecule has 0 fully saturated rings. The molecule has 3 aromatic rings. The maximum atomic E-state index is 12.4. The maximum absolute atomic E-state index is 12.4. The van der Waals surface area contributed by atoms with Gasteiger partial charge < -0.3 is 9.47 Å². The number of nitrogens with zero attached hydrogens (tertiary/aromatic N) is 1. The molecule has 0 aliphatic rings. The van der Waals surface area contributed by atoms with Gasteiger partial charge in [0, 0.05) is 27.2 Å². The Bertz CT molecular complexity index is 1140. The van der Waals surface area contributed by atoms with E-state index < -0.39 is 4.92 Å². The highest BCUT2D eigenvalue weighted by molar-refractivity contribution is 9.10. The molecule has 0 saturated carbocycles. The highest BCUT2D eigenvalue weighted by atomic mass is 79.9. The zero-order valence-corrected chi connectivity index (χ0v) is 18.6. The van der Waals surface area contributed by atoms with Gasteiger partial charge in [-0.2, -0.15) is 0 Å². The first kappa shape index (κ1) is 22.2. The van der Waals surface area contributed by atoms with Crippen molar-refractivity contribution in [3.8, 4) is 11.5 Å². The molecule has 0 atom stereocenters. The number of rotatable bonds is 8. The number of allylic oxidation sites excluding steroid dienone is 1. The van der Waals surface area contributed by atoms with Crippen LogP contribution in [0, 0.1) is 17.0 Å². The van der Waals surface area contributed by atoms with Crippen LogP contribution in [0.5, 0.6) is 11.5 Å². The molecule has 0 aliphatic carbocycles. The molecule has 0 aromatic heterocycles. The standard InChI is InChI=1S/C24H20BrNO5/c1-16-13-21(9-10-22(16)26(28)29)31-15-19-14-17(4-12-24(19)30-2)3-11-23(27)18-5-7-20(25)8-6-18/h3-14H,15H2,1-2H3/b11-3+. The minimum absolute atomic E-state index is 0.0486. The van der Waals surface area contributed by atoms with Crippen LogP contribution in [-0.4, -0.2) is 17.8 Å². The normalized spacial score (nSPS) is 10.8. The van der Waals surface area contributed by atoms with Gasteiger partial charge in [-0.15, -0.1) is 0 Å². The van der Waals surface area contributed by atoms with Crippen molar-refractivity contribution in [1.29, 1.82) is 0 Å². The smallest absolute Gasteiger partial charge is 0.272 e. The molecule has 0 radical (unpaired) electrons. The van der Waals surface area contributed by atoms with E-state index in [9.17, 15) is 14.9 Å². The molecule has 6 nitrogen and oxygen atoms in total. The van der Waals surface area contributed by atoms with Crippen molar-refractivity contribution in [2.75, 3.05) is 7.11 Å². The van der Waals surface area contributed by atoms with Gasteiger partial charge in [0.15, 0.2) is 5.78 Å². The Labute approximate surface area is 188 Å². The summed E-state index contributed by atoms with van der Waals surface area (Å²) in [4.78, 5) is 22.9. The van der Waals surface area contributed by atoms with Gasteiger partial charge in [0.2, 0.25) is 0 Å². The molecule has 0 bridgehead atoms. The van der Waals surface area contributed by atoms with Crippen LogP contribution < -0.4 is 9.47 Å². The van der Waals surface area contributed by atoms with Crippen LogP contribution in [-0.2, 0) is 6.61 Å². The lowest BCUT2D eigenvalue weighted by molar-refractivity contribution is -0.385. The zero-order chi connectivity index (χ0) is 22.4.